The molecule has 2 atom stereocenters. The van der Waals surface area contributed by atoms with Crippen LogP contribution in [0, 0.1) is 5.92 Å². The Morgan fingerprint density at radius 2 is 1.89 bits per heavy atom. The van der Waals surface area contributed by atoms with Gasteiger partial charge in [-0.15, -0.1) is 0 Å². The molecule has 3 nitrogen and oxygen atoms in total. The van der Waals surface area contributed by atoms with Crippen LogP contribution in [0.1, 0.15) is 13.8 Å². The first-order chi connectivity index (χ1) is 4.04. The topological polar surface area (TPSA) is 78.1 Å². The van der Waals surface area contributed by atoms with Gasteiger partial charge >= 0.3 is 0 Å². The van der Waals surface area contributed by atoms with Crippen LogP contribution in [0.5, 0.6) is 0 Å². The molecule has 0 spiro atoms. The molecule has 0 amide bonds. The Morgan fingerprint density at radius 3 is 2.00 bits per heavy atom. The van der Waals surface area contributed by atoms with Crippen LogP contribution in [0.4, 0.5) is 0 Å². The molecule has 0 aromatic carbocycles. The van der Waals surface area contributed by atoms with E-state index in [1.807, 2.05) is 13.8 Å². The summed E-state index contributed by atoms with van der Waals surface area (Å²) in [5.74, 6) is 0.294. The summed E-state index contributed by atoms with van der Waals surface area (Å²) in [7, 11) is 0. The number of rotatable bonds is 3. The summed E-state index contributed by atoms with van der Waals surface area (Å²) in [5.41, 5.74) is 16.3. The van der Waals surface area contributed by atoms with Crippen molar-refractivity contribution < 1.29 is 0 Å². The van der Waals surface area contributed by atoms with Crippen LogP contribution in [0.15, 0.2) is 0 Å². The number of hydrogen-bond acceptors (Lipinski definition) is 3. The predicted molar refractivity (Wildman–Crippen MR) is 39.9 cm³/mol. The second-order valence-electron chi connectivity index (χ2n) is 2.85. The molecule has 2 unspecified atom stereocenters. The zero-order valence-electron chi connectivity index (χ0n) is 6.22. The summed E-state index contributed by atoms with van der Waals surface area (Å²) in [6.45, 7) is 5.02. The standard InChI is InChI=1S/C6H17N3/c1-5(3-7)6(2,9)4-8/h5H,3-4,7-9H2,1-2H3. The monoisotopic (exact) mass is 131 g/mol. The van der Waals surface area contributed by atoms with Crippen molar-refractivity contribution in [3.05, 3.63) is 0 Å². The van der Waals surface area contributed by atoms with Crippen molar-refractivity contribution in [2.24, 2.45) is 23.1 Å². The zero-order valence-corrected chi connectivity index (χ0v) is 6.22. The molecule has 0 heterocycles. The van der Waals surface area contributed by atoms with E-state index >= 15 is 0 Å². The molecule has 0 fully saturated rings. The minimum atomic E-state index is -0.297. The van der Waals surface area contributed by atoms with Crippen LogP contribution in [0.25, 0.3) is 0 Å². The molecule has 0 saturated heterocycles. The number of hydrogen-bond donors (Lipinski definition) is 3. The molecule has 0 aliphatic rings. The van der Waals surface area contributed by atoms with Gasteiger partial charge in [0, 0.05) is 12.1 Å². The third-order valence-electron chi connectivity index (χ3n) is 1.92. The van der Waals surface area contributed by atoms with Gasteiger partial charge in [0.15, 0.2) is 0 Å². The van der Waals surface area contributed by atoms with Crippen LogP contribution in [-0.4, -0.2) is 18.6 Å². The smallest absolute Gasteiger partial charge is 0.0288 e. The first-order valence-electron chi connectivity index (χ1n) is 3.23. The molecule has 0 rings (SSSR count). The second kappa shape index (κ2) is 3.15. The Kier molecular flexibility index (Phi) is 3.11. The highest BCUT2D eigenvalue weighted by molar-refractivity contribution is 4.85. The molecule has 9 heavy (non-hydrogen) atoms. The molecule has 0 aliphatic heterocycles. The molecule has 6 N–H and O–H groups in total. The van der Waals surface area contributed by atoms with Crippen molar-refractivity contribution in [2.45, 2.75) is 19.4 Å². The Balaban J connectivity index is 3.80. The van der Waals surface area contributed by atoms with E-state index in [2.05, 4.69) is 0 Å². The maximum absolute atomic E-state index is 5.77. The fourth-order valence-electron chi connectivity index (χ4n) is 0.470. The average Bonchev–Trinajstić information content (AvgIpc) is 1.86. The van der Waals surface area contributed by atoms with Gasteiger partial charge in [0.25, 0.3) is 0 Å². The summed E-state index contributed by atoms with van der Waals surface area (Å²) in [4.78, 5) is 0. The minimum absolute atomic E-state index is 0.294. The Morgan fingerprint density at radius 1 is 1.44 bits per heavy atom. The van der Waals surface area contributed by atoms with E-state index in [-0.39, 0.29) is 5.54 Å². The van der Waals surface area contributed by atoms with Crippen molar-refractivity contribution in [2.75, 3.05) is 13.1 Å². The lowest BCUT2D eigenvalue weighted by Crippen LogP contribution is -2.51. The molecule has 0 aromatic rings. The Bertz CT molecular complexity index is 80.4. The van der Waals surface area contributed by atoms with E-state index in [0.29, 0.717) is 19.0 Å². The van der Waals surface area contributed by atoms with Gasteiger partial charge in [0.05, 0.1) is 0 Å². The van der Waals surface area contributed by atoms with Crippen LogP contribution in [0.2, 0.25) is 0 Å². The first kappa shape index (κ1) is 8.88. The third kappa shape index (κ3) is 2.30. The molecule has 3 heteroatoms. The van der Waals surface area contributed by atoms with Crippen molar-refractivity contribution in [3.63, 3.8) is 0 Å². The normalized spacial score (nSPS) is 21.0. The SMILES string of the molecule is CC(CN)C(C)(N)CN. The highest BCUT2D eigenvalue weighted by Crippen LogP contribution is 2.09. The van der Waals surface area contributed by atoms with Gasteiger partial charge in [0.1, 0.15) is 0 Å². The molecule has 0 saturated carbocycles. The maximum Gasteiger partial charge on any atom is 0.0288 e. The van der Waals surface area contributed by atoms with Crippen molar-refractivity contribution in [1.29, 1.82) is 0 Å². The van der Waals surface area contributed by atoms with Crippen molar-refractivity contribution in [1.82, 2.24) is 0 Å². The Hall–Kier alpha value is -0.120. The predicted octanol–water partition coefficient (Wildman–Crippen LogP) is -0.743. The van der Waals surface area contributed by atoms with Gasteiger partial charge in [-0.1, -0.05) is 6.92 Å². The molecular formula is C6H17N3. The summed E-state index contributed by atoms with van der Waals surface area (Å²) in [6.07, 6.45) is 0. The highest BCUT2D eigenvalue weighted by atomic mass is 14.8. The maximum atomic E-state index is 5.77. The molecule has 0 bridgehead atoms. The van der Waals surface area contributed by atoms with Crippen LogP contribution in [-0.2, 0) is 0 Å². The van der Waals surface area contributed by atoms with E-state index < -0.39 is 0 Å². The van der Waals surface area contributed by atoms with Gasteiger partial charge in [-0.25, -0.2) is 0 Å². The minimum Gasteiger partial charge on any atom is -0.330 e. The van der Waals surface area contributed by atoms with E-state index in [9.17, 15) is 0 Å². The lowest BCUT2D eigenvalue weighted by Gasteiger charge is -2.28. The van der Waals surface area contributed by atoms with E-state index in [1.54, 1.807) is 0 Å². The molecular weight excluding hydrogens is 114 g/mol. The molecule has 0 aromatic heterocycles. The largest absolute Gasteiger partial charge is 0.330 e. The second-order valence-corrected chi connectivity index (χ2v) is 2.85. The van der Waals surface area contributed by atoms with Crippen LogP contribution < -0.4 is 17.2 Å². The average molecular weight is 131 g/mol. The van der Waals surface area contributed by atoms with Gasteiger partial charge < -0.3 is 17.2 Å². The fraction of sp³-hybridized carbons (Fsp3) is 1.00. The van der Waals surface area contributed by atoms with E-state index in [1.165, 1.54) is 0 Å². The van der Waals surface area contributed by atoms with E-state index in [0.717, 1.165) is 0 Å². The van der Waals surface area contributed by atoms with Crippen LogP contribution >= 0.6 is 0 Å². The van der Waals surface area contributed by atoms with Gasteiger partial charge in [-0.05, 0) is 19.4 Å². The van der Waals surface area contributed by atoms with E-state index in [4.69, 9.17) is 17.2 Å². The summed E-state index contributed by atoms with van der Waals surface area (Å²) >= 11 is 0. The third-order valence-corrected chi connectivity index (χ3v) is 1.92. The first-order valence-corrected chi connectivity index (χ1v) is 3.23. The Labute approximate surface area is 56.6 Å². The lowest BCUT2D eigenvalue weighted by molar-refractivity contribution is 0.333. The lowest BCUT2D eigenvalue weighted by atomic mass is 9.88. The highest BCUT2D eigenvalue weighted by Gasteiger charge is 2.22. The van der Waals surface area contributed by atoms with Gasteiger partial charge in [0.2, 0.25) is 0 Å². The summed E-state index contributed by atoms with van der Waals surface area (Å²) in [6, 6.07) is 0. The van der Waals surface area contributed by atoms with Crippen LogP contribution in [0.3, 0.4) is 0 Å². The fourth-order valence-corrected chi connectivity index (χ4v) is 0.470. The summed E-state index contributed by atoms with van der Waals surface area (Å²) < 4.78 is 0. The van der Waals surface area contributed by atoms with Gasteiger partial charge in [-0.2, -0.15) is 0 Å². The van der Waals surface area contributed by atoms with Crippen molar-refractivity contribution >= 4 is 0 Å². The molecule has 0 aliphatic carbocycles. The summed E-state index contributed by atoms with van der Waals surface area (Å²) in [5, 5.41) is 0. The van der Waals surface area contributed by atoms with Gasteiger partial charge in [-0.3, -0.25) is 0 Å². The zero-order chi connectivity index (χ0) is 7.49. The number of nitrogens with two attached hydrogens (primary N) is 3. The molecule has 0 radical (unpaired) electrons. The quantitative estimate of drug-likeness (QED) is 0.472. The molecule has 56 valence electrons. The van der Waals surface area contributed by atoms with Crippen molar-refractivity contribution in [3.8, 4) is 0 Å².